The summed E-state index contributed by atoms with van der Waals surface area (Å²) in [5.41, 5.74) is 9.32. The smallest absolute Gasteiger partial charge is 0.143 e. The van der Waals surface area contributed by atoms with Crippen molar-refractivity contribution in [2.75, 3.05) is 0 Å². The van der Waals surface area contributed by atoms with Gasteiger partial charge in [0.15, 0.2) is 0 Å². The molecular formula is C41H28O. The van der Waals surface area contributed by atoms with E-state index in [0.29, 0.717) is 5.56 Å². The summed E-state index contributed by atoms with van der Waals surface area (Å²) in [6.07, 6.45) is 0. The van der Waals surface area contributed by atoms with Gasteiger partial charge < -0.3 is 4.42 Å². The molecule has 0 amide bonds. The van der Waals surface area contributed by atoms with Crippen LogP contribution >= 0.6 is 0 Å². The minimum Gasteiger partial charge on any atom is -0.455 e. The number of fused-ring (bicyclic) bond motifs is 9. The van der Waals surface area contributed by atoms with Crippen molar-refractivity contribution in [2.24, 2.45) is 0 Å². The Morgan fingerprint density at radius 2 is 1.14 bits per heavy atom. The minimum absolute atomic E-state index is 0.145. The average Bonchev–Trinajstić information content (AvgIpc) is 3.59. The molecular weight excluding hydrogens is 508 g/mol. The molecule has 42 heavy (non-hydrogen) atoms. The topological polar surface area (TPSA) is 13.1 Å². The third-order valence-corrected chi connectivity index (χ3v) is 9.16. The van der Waals surface area contributed by atoms with Gasteiger partial charge in [-0.1, -0.05) is 141 Å². The van der Waals surface area contributed by atoms with Gasteiger partial charge in [0.25, 0.3) is 0 Å². The summed E-state index contributed by atoms with van der Waals surface area (Å²) < 4.78 is 49.6. The zero-order chi connectivity index (χ0) is 32.4. The first kappa shape index (κ1) is 19.1. The average molecular weight is 542 g/mol. The molecule has 0 saturated heterocycles. The summed E-state index contributed by atoms with van der Waals surface area (Å²) in [4.78, 5) is 0. The lowest BCUT2D eigenvalue weighted by molar-refractivity contribution is 0.653. The van der Waals surface area contributed by atoms with Crippen LogP contribution in [-0.2, 0) is 5.41 Å². The molecule has 0 radical (unpaired) electrons. The molecule has 1 heteroatoms. The highest BCUT2D eigenvalue weighted by Crippen LogP contribution is 2.54. The Morgan fingerprint density at radius 3 is 1.86 bits per heavy atom. The van der Waals surface area contributed by atoms with Crippen LogP contribution in [0, 0.1) is 0 Å². The van der Waals surface area contributed by atoms with Gasteiger partial charge in [0.05, 0.1) is 6.85 Å². The van der Waals surface area contributed by atoms with Crippen molar-refractivity contribution in [1.29, 1.82) is 0 Å². The summed E-state index contributed by atoms with van der Waals surface area (Å²) >= 11 is 0. The first-order valence-electron chi connectivity index (χ1n) is 16.8. The molecule has 0 bridgehead atoms. The molecule has 0 atom stereocenters. The van der Waals surface area contributed by atoms with Gasteiger partial charge in [-0.25, -0.2) is 0 Å². The molecule has 9 rings (SSSR count). The summed E-state index contributed by atoms with van der Waals surface area (Å²) in [6.45, 7) is 4.54. The van der Waals surface area contributed by atoms with E-state index in [1.165, 1.54) is 16.7 Å². The fourth-order valence-electron chi connectivity index (χ4n) is 7.34. The maximum atomic E-state index is 8.87. The summed E-state index contributed by atoms with van der Waals surface area (Å²) in [7, 11) is 0. The standard InChI is InChI=1S/C41H28O/c1-41(2)33-21-11-10-19-30(33)39-34(41)24-23-32-38-31(20-12-22-35(38)42-40(32)39)37-28-17-8-6-15-26(28)36(25-13-4-3-5-14-25)27-16-7-9-18-29(27)37/h3-24H,1-2H3/i3D,4D,5D,13D,14D. The SMILES string of the molecule is [2H]c1c([2H])c([2H])c(-c2c3ccccc3c(-c3cccc4oc5c6c(ccc5c34)C(C)(C)c3ccccc3-6)c3ccccc23)c([2H])c1[2H]. The molecule has 7 aromatic carbocycles. The van der Waals surface area contributed by atoms with Crippen molar-refractivity contribution < 1.29 is 11.3 Å². The lowest BCUT2D eigenvalue weighted by Gasteiger charge is -2.21. The third-order valence-electron chi connectivity index (χ3n) is 9.16. The van der Waals surface area contributed by atoms with E-state index in [-0.39, 0.29) is 35.1 Å². The number of hydrogen-bond acceptors (Lipinski definition) is 1. The van der Waals surface area contributed by atoms with Crippen LogP contribution < -0.4 is 0 Å². The largest absolute Gasteiger partial charge is 0.455 e. The summed E-state index contributed by atoms with van der Waals surface area (Å²) in [5.74, 6) is 0. The van der Waals surface area contributed by atoms with Crippen LogP contribution in [-0.4, -0.2) is 0 Å². The number of hydrogen-bond donors (Lipinski definition) is 0. The molecule has 1 nitrogen and oxygen atoms in total. The quantitative estimate of drug-likeness (QED) is 0.198. The first-order valence-corrected chi connectivity index (χ1v) is 14.3. The molecule has 1 aliphatic rings. The second-order valence-corrected chi connectivity index (χ2v) is 11.7. The van der Waals surface area contributed by atoms with Gasteiger partial charge in [0.2, 0.25) is 0 Å². The van der Waals surface area contributed by atoms with E-state index < -0.39 is 6.04 Å². The van der Waals surface area contributed by atoms with Crippen molar-refractivity contribution in [2.45, 2.75) is 19.3 Å². The molecule has 0 unspecified atom stereocenters. The van der Waals surface area contributed by atoms with Crippen molar-refractivity contribution in [3.8, 4) is 33.4 Å². The monoisotopic (exact) mass is 541 g/mol. The Kier molecular flexibility index (Phi) is 3.83. The Balaban J connectivity index is 1.43. The van der Waals surface area contributed by atoms with Gasteiger partial charge in [0.1, 0.15) is 11.2 Å². The van der Waals surface area contributed by atoms with Crippen molar-refractivity contribution in [1.82, 2.24) is 0 Å². The van der Waals surface area contributed by atoms with E-state index >= 15 is 0 Å². The van der Waals surface area contributed by atoms with Crippen LogP contribution in [0.4, 0.5) is 0 Å². The predicted octanol–water partition coefficient (Wildman–Crippen LogP) is 11.5. The predicted molar refractivity (Wildman–Crippen MR) is 177 cm³/mol. The highest BCUT2D eigenvalue weighted by molar-refractivity contribution is 6.26. The van der Waals surface area contributed by atoms with Crippen LogP contribution in [0.2, 0.25) is 0 Å². The first-order chi connectivity index (χ1) is 22.7. The van der Waals surface area contributed by atoms with Crippen molar-refractivity contribution >= 4 is 43.5 Å². The molecule has 8 aromatic rings. The van der Waals surface area contributed by atoms with Crippen molar-refractivity contribution in [3.63, 3.8) is 0 Å². The zero-order valence-electron chi connectivity index (χ0n) is 28.2. The fraction of sp³-hybridized carbons (Fsp3) is 0.0732. The highest BCUT2D eigenvalue weighted by Gasteiger charge is 2.37. The van der Waals surface area contributed by atoms with Crippen LogP contribution in [0.25, 0.3) is 76.9 Å². The van der Waals surface area contributed by atoms with E-state index in [9.17, 15) is 0 Å². The normalized spacial score (nSPS) is 15.3. The van der Waals surface area contributed by atoms with Gasteiger partial charge in [-0.3, -0.25) is 0 Å². The number of benzene rings is 7. The minimum atomic E-state index is -0.398. The van der Waals surface area contributed by atoms with Gasteiger partial charge in [-0.2, -0.15) is 0 Å². The lowest BCUT2D eigenvalue weighted by atomic mass is 9.82. The van der Waals surface area contributed by atoms with Gasteiger partial charge in [-0.15, -0.1) is 0 Å². The molecule has 0 aliphatic heterocycles. The molecule has 1 heterocycles. The molecule has 1 aliphatic carbocycles. The molecule has 0 spiro atoms. The van der Waals surface area contributed by atoms with Crippen LogP contribution in [0.3, 0.4) is 0 Å². The van der Waals surface area contributed by atoms with Crippen LogP contribution in [0.1, 0.15) is 31.8 Å². The van der Waals surface area contributed by atoms with E-state index in [4.69, 9.17) is 11.3 Å². The number of furan rings is 1. The van der Waals surface area contributed by atoms with Gasteiger partial charge in [-0.05, 0) is 66.6 Å². The van der Waals surface area contributed by atoms with Gasteiger partial charge >= 0.3 is 0 Å². The molecule has 0 saturated carbocycles. The second kappa shape index (κ2) is 8.44. The highest BCUT2D eigenvalue weighted by atomic mass is 16.3. The molecule has 0 fully saturated rings. The van der Waals surface area contributed by atoms with E-state index in [0.717, 1.165) is 60.2 Å². The zero-order valence-corrected chi connectivity index (χ0v) is 23.2. The van der Waals surface area contributed by atoms with Crippen LogP contribution in [0.5, 0.6) is 0 Å². The molecule has 1 aromatic heterocycles. The lowest BCUT2D eigenvalue weighted by Crippen LogP contribution is -2.14. The Labute approximate surface area is 251 Å². The van der Waals surface area contributed by atoms with E-state index in [2.05, 4.69) is 68.4 Å². The second-order valence-electron chi connectivity index (χ2n) is 11.7. The maximum absolute atomic E-state index is 8.87. The van der Waals surface area contributed by atoms with Crippen LogP contribution in [0.15, 0.2) is 138 Å². The third kappa shape index (κ3) is 3.03. The molecule has 0 N–H and O–H groups in total. The van der Waals surface area contributed by atoms with E-state index in [1.807, 2.05) is 48.5 Å². The van der Waals surface area contributed by atoms with Gasteiger partial charge in [0, 0.05) is 21.8 Å². The fourth-order valence-corrected chi connectivity index (χ4v) is 7.34. The summed E-state index contributed by atoms with van der Waals surface area (Å²) in [6, 6.07) is 33.7. The number of rotatable bonds is 2. The Bertz CT molecular complexity index is 2580. The maximum Gasteiger partial charge on any atom is 0.143 e. The Hall–Kier alpha value is -5.14. The summed E-state index contributed by atoms with van der Waals surface area (Å²) in [5, 5.41) is 5.58. The van der Waals surface area contributed by atoms with E-state index in [1.54, 1.807) is 0 Å². The Morgan fingerprint density at radius 1 is 0.524 bits per heavy atom. The van der Waals surface area contributed by atoms with Crippen molar-refractivity contribution in [3.05, 3.63) is 144 Å². The molecule has 198 valence electrons.